The van der Waals surface area contributed by atoms with Gasteiger partial charge in [-0.1, -0.05) is 37.3 Å². The van der Waals surface area contributed by atoms with E-state index in [2.05, 4.69) is 42.6 Å². The van der Waals surface area contributed by atoms with Crippen molar-refractivity contribution in [1.82, 2.24) is 5.32 Å². The van der Waals surface area contributed by atoms with E-state index < -0.39 is 0 Å². The minimum absolute atomic E-state index is 0.327. The van der Waals surface area contributed by atoms with Gasteiger partial charge >= 0.3 is 0 Å². The molecule has 1 N–H and O–H groups in total. The van der Waals surface area contributed by atoms with Crippen molar-refractivity contribution in [1.29, 1.82) is 0 Å². The van der Waals surface area contributed by atoms with Crippen molar-refractivity contribution in [3.63, 3.8) is 0 Å². The lowest BCUT2D eigenvalue weighted by atomic mass is 9.88. The van der Waals surface area contributed by atoms with E-state index in [-0.39, 0.29) is 0 Å². The van der Waals surface area contributed by atoms with Crippen molar-refractivity contribution >= 4 is 0 Å². The molecule has 0 heterocycles. The summed E-state index contributed by atoms with van der Waals surface area (Å²) in [6, 6.07) is 11.3. The number of benzene rings is 1. The fourth-order valence-corrected chi connectivity index (χ4v) is 2.57. The van der Waals surface area contributed by atoms with Gasteiger partial charge in [-0.15, -0.1) is 0 Å². The summed E-state index contributed by atoms with van der Waals surface area (Å²) in [6.45, 7) is 3.95. The molecule has 1 fully saturated rings. The van der Waals surface area contributed by atoms with Gasteiger partial charge < -0.3 is 10.1 Å². The Kier molecular flexibility index (Phi) is 3.62. The summed E-state index contributed by atoms with van der Waals surface area (Å²) < 4.78 is 5.34. The van der Waals surface area contributed by atoms with E-state index in [4.69, 9.17) is 4.74 Å². The Bertz CT molecular complexity index is 313. The van der Waals surface area contributed by atoms with E-state index in [9.17, 15) is 0 Å². The molecule has 1 aromatic carbocycles. The average Bonchev–Trinajstić information content (AvgIpc) is 3.11. The van der Waals surface area contributed by atoms with Crippen molar-refractivity contribution in [2.24, 2.45) is 0 Å². The third-order valence-electron chi connectivity index (χ3n) is 3.59. The maximum Gasteiger partial charge on any atom is 0.0624 e. The first kappa shape index (κ1) is 11.6. The Hall–Kier alpha value is -0.860. The largest absolute Gasteiger partial charge is 0.383 e. The first-order valence-electron chi connectivity index (χ1n) is 6.11. The summed E-state index contributed by atoms with van der Waals surface area (Å²) >= 11 is 0. The molecule has 0 bridgehead atoms. The number of nitrogens with one attached hydrogen (secondary N) is 1. The second kappa shape index (κ2) is 4.98. The first-order chi connectivity index (χ1) is 7.83. The SMILES string of the molecule is CCNC(COC)C1(c2ccccc2)CC1. The lowest BCUT2D eigenvalue weighted by Crippen LogP contribution is -2.43. The minimum Gasteiger partial charge on any atom is -0.383 e. The molecule has 2 rings (SSSR count). The maximum atomic E-state index is 5.34. The van der Waals surface area contributed by atoms with Crippen LogP contribution in [0, 0.1) is 0 Å². The Morgan fingerprint density at radius 3 is 2.50 bits per heavy atom. The standard InChI is InChI=1S/C14H21NO/c1-3-15-13(11-16-2)14(9-10-14)12-7-5-4-6-8-12/h4-8,13,15H,3,9-11H2,1-2H3. The number of hydrogen-bond donors (Lipinski definition) is 1. The van der Waals surface area contributed by atoms with Crippen molar-refractivity contribution in [3.05, 3.63) is 35.9 Å². The molecular weight excluding hydrogens is 198 g/mol. The van der Waals surface area contributed by atoms with Crippen LogP contribution in [0.5, 0.6) is 0 Å². The third kappa shape index (κ3) is 2.13. The fraction of sp³-hybridized carbons (Fsp3) is 0.571. The van der Waals surface area contributed by atoms with E-state index in [0.717, 1.165) is 13.2 Å². The van der Waals surface area contributed by atoms with Gasteiger partial charge in [-0.2, -0.15) is 0 Å². The number of hydrogen-bond acceptors (Lipinski definition) is 2. The van der Waals surface area contributed by atoms with E-state index in [1.165, 1.54) is 18.4 Å². The molecule has 88 valence electrons. The molecule has 2 heteroatoms. The number of methoxy groups -OCH3 is 1. The van der Waals surface area contributed by atoms with Crippen LogP contribution in [0.2, 0.25) is 0 Å². The molecule has 1 atom stereocenters. The van der Waals surface area contributed by atoms with Gasteiger partial charge in [0, 0.05) is 18.6 Å². The summed E-state index contributed by atoms with van der Waals surface area (Å²) in [5.41, 5.74) is 1.78. The van der Waals surface area contributed by atoms with Crippen molar-refractivity contribution < 1.29 is 4.74 Å². The fourth-order valence-electron chi connectivity index (χ4n) is 2.57. The van der Waals surface area contributed by atoms with E-state index in [0.29, 0.717) is 11.5 Å². The van der Waals surface area contributed by atoms with E-state index in [1.54, 1.807) is 7.11 Å². The van der Waals surface area contributed by atoms with Crippen LogP contribution < -0.4 is 5.32 Å². The molecule has 0 amide bonds. The predicted molar refractivity (Wildman–Crippen MR) is 66.7 cm³/mol. The van der Waals surface area contributed by atoms with Crippen molar-refractivity contribution in [2.45, 2.75) is 31.2 Å². The molecule has 2 nitrogen and oxygen atoms in total. The molecule has 1 aliphatic rings. The highest BCUT2D eigenvalue weighted by atomic mass is 16.5. The van der Waals surface area contributed by atoms with E-state index in [1.807, 2.05) is 0 Å². The lowest BCUT2D eigenvalue weighted by molar-refractivity contribution is 0.151. The second-order valence-electron chi connectivity index (χ2n) is 4.59. The Labute approximate surface area is 98.0 Å². The van der Waals surface area contributed by atoms with Gasteiger partial charge in [0.25, 0.3) is 0 Å². The van der Waals surface area contributed by atoms with Crippen LogP contribution in [0.25, 0.3) is 0 Å². The summed E-state index contributed by atoms with van der Waals surface area (Å²) in [5, 5.41) is 3.56. The molecule has 0 aromatic heterocycles. The molecule has 0 aliphatic heterocycles. The van der Waals surface area contributed by atoms with Gasteiger partial charge in [0.1, 0.15) is 0 Å². The summed E-state index contributed by atoms with van der Waals surface area (Å²) in [7, 11) is 1.78. The summed E-state index contributed by atoms with van der Waals surface area (Å²) in [4.78, 5) is 0. The normalized spacial score (nSPS) is 19.4. The van der Waals surface area contributed by atoms with Crippen LogP contribution in [0.4, 0.5) is 0 Å². The molecule has 1 unspecified atom stereocenters. The zero-order valence-corrected chi connectivity index (χ0v) is 10.2. The van der Waals surface area contributed by atoms with Crippen LogP contribution in [0.15, 0.2) is 30.3 Å². The number of ether oxygens (including phenoxy) is 1. The molecule has 16 heavy (non-hydrogen) atoms. The highest BCUT2D eigenvalue weighted by Gasteiger charge is 2.50. The molecular formula is C14H21NO. The summed E-state index contributed by atoms with van der Waals surface area (Å²) in [6.07, 6.45) is 2.55. The second-order valence-corrected chi connectivity index (χ2v) is 4.59. The van der Waals surface area contributed by atoms with Crippen LogP contribution in [-0.4, -0.2) is 26.3 Å². The van der Waals surface area contributed by atoms with Crippen molar-refractivity contribution in [3.8, 4) is 0 Å². The smallest absolute Gasteiger partial charge is 0.0624 e. The quantitative estimate of drug-likeness (QED) is 0.793. The van der Waals surface area contributed by atoms with Gasteiger partial charge in [-0.3, -0.25) is 0 Å². The highest BCUT2D eigenvalue weighted by molar-refractivity contribution is 5.33. The Balaban J connectivity index is 2.17. The predicted octanol–water partition coefficient (Wildman–Crippen LogP) is 2.34. The molecule has 1 saturated carbocycles. The maximum absolute atomic E-state index is 5.34. The highest BCUT2D eigenvalue weighted by Crippen LogP contribution is 2.50. The third-order valence-corrected chi connectivity index (χ3v) is 3.59. The lowest BCUT2D eigenvalue weighted by Gasteiger charge is -2.27. The molecule has 0 spiro atoms. The first-order valence-corrected chi connectivity index (χ1v) is 6.11. The molecule has 0 radical (unpaired) electrons. The average molecular weight is 219 g/mol. The van der Waals surface area contributed by atoms with Crippen molar-refractivity contribution in [2.75, 3.05) is 20.3 Å². The van der Waals surface area contributed by atoms with Gasteiger partial charge in [0.2, 0.25) is 0 Å². The zero-order valence-electron chi connectivity index (χ0n) is 10.2. The van der Waals surface area contributed by atoms with Crippen LogP contribution >= 0.6 is 0 Å². The molecule has 0 saturated heterocycles. The Morgan fingerprint density at radius 2 is 2.00 bits per heavy atom. The monoisotopic (exact) mass is 219 g/mol. The van der Waals surface area contributed by atoms with Gasteiger partial charge in [-0.05, 0) is 24.9 Å². The molecule has 1 aromatic rings. The summed E-state index contributed by atoms with van der Waals surface area (Å²) in [5.74, 6) is 0. The van der Waals surface area contributed by atoms with Crippen LogP contribution in [0.3, 0.4) is 0 Å². The zero-order chi connectivity index (χ0) is 11.4. The number of rotatable bonds is 6. The minimum atomic E-state index is 0.327. The van der Waals surface area contributed by atoms with Gasteiger partial charge in [0.05, 0.1) is 6.61 Å². The van der Waals surface area contributed by atoms with Crippen LogP contribution in [0.1, 0.15) is 25.3 Å². The van der Waals surface area contributed by atoms with Crippen LogP contribution in [-0.2, 0) is 10.2 Å². The molecule has 1 aliphatic carbocycles. The van der Waals surface area contributed by atoms with Gasteiger partial charge in [-0.25, -0.2) is 0 Å². The van der Waals surface area contributed by atoms with Gasteiger partial charge in [0.15, 0.2) is 0 Å². The number of likely N-dealkylation sites (N-methyl/N-ethyl adjacent to an activating group) is 1. The van der Waals surface area contributed by atoms with E-state index >= 15 is 0 Å². The topological polar surface area (TPSA) is 21.3 Å². The Morgan fingerprint density at radius 1 is 1.31 bits per heavy atom.